The van der Waals surface area contributed by atoms with Crippen LogP contribution < -0.4 is 9.47 Å². The number of thiocarbonyl (C=S) groups is 1. The number of ether oxygens (including phenoxy) is 3. The standard InChI is InChI=1S/C17H21NO4S2/c1-4-21-13-7-6-12(14(11-13)22-5-2)10-15-16(19)18(8-9-20-3)17(23)24-15/h6-7,10-11H,4-5,8-9H2,1-3H3/b15-10-. The van der Waals surface area contributed by atoms with Crippen molar-refractivity contribution >= 4 is 40.3 Å². The molecule has 1 heterocycles. The number of amides is 1. The number of carbonyl (C=O) groups is 1. The fourth-order valence-electron chi connectivity index (χ4n) is 2.19. The van der Waals surface area contributed by atoms with E-state index in [0.29, 0.717) is 41.3 Å². The van der Waals surface area contributed by atoms with E-state index in [4.69, 9.17) is 26.4 Å². The molecule has 1 amide bonds. The van der Waals surface area contributed by atoms with Crippen LogP contribution in [-0.4, -0.2) is 48.6 Å². The van der Waals surface area contributed by atoms with Gasteiger partial charge < -0.3 is 14.2 Å². The van der Waals surface area contributed by atoms with E-state index in [9.17, 15) is 4.79 Å². The first-order valence-corrected chi connectivity index (χ1v) is 8.97. The summed E-state index contributed by atoms with van der Waals surface area (Å²) in [5, 5.41) is 0. The summed E-state index contributed by atoms with van der Waals surface area (Å²) in [6, 6.07) is 5.59. The van der Waals surface area contributed by atoms with Gasteiger partial charge in [0.25, 0.3) is 5.91 Å². The van der Waals surface area contributed by atoms with Crippen LogP contribution in [0.1, 0.15) is 19.4 Å². The van der Waals surface area contributed by atoms with E-state index < -0.39 is 0 Å². The van der Waals surface area contributed by atoms with Crippen molar-refractivity contribution in [3.8, 4) is 11.5 Å². The van der Waals surface area contributed by atoms with Crippen molar-refractivity contribution in [2.75, 3.05) is 33.5 Å². The second-order valence-electron chi connectivity index (χ2n) is 4.89. The number of benzene rings is 1. The second-order valence-corrected chi connectivity index (χ2v) is 6.57. The van der Waals surface area contributed by atoms with Crippen molar-refractivity contribution in [3.63, 3.8) is 0 Å². The fourth-order valence-corrected chi connectivity index (χ4v) is 3.49. The molecule has 5 nitrogen and oxygen atoms in total. The summed E-state index contributed by atoms with van der Waals surface area (Å²) < 4.78 is 16.8. The van der Waals surface area contributed by atoms with Gasteiger partial charge in [0, 0.05) is 18.7 Å². The molecule has 0 unspecified atom stereocenters. The Morgan fingerprint density at radius 2 is 2.00 bits per heavy atom. The minimum Gasteiger partial charge on any atom is -0.494 e. The molecule has 0 aliphatic carbocycles. The topological polar surface area (TPSA) is 48.0 Å². The molecule has 1 aromatic carbocycles. The van der Waals surface area contributed by atoms with Crippen molar-refractivity contribution < 1.29 is 19.0 Å². The van der Waals surface area contributed by atoms with E-state index in [2.05, 4.69) is 0 Å². The number of nitrogens with zero attached hydrogens (tertiary/aromatic N) is 1. The first kappa shape index (κ1) is 18.8. The largest absolute Gasteiger partial charge is 0.494 e. The average Bonchev–Trinajstić information content (AvgIpc) is 2.82. The van der Waals surface area contributed by atoms with Crippen LogP contribution in [0.2, 0.25) is 0 Å². The molecule has 7 heteroatoms. The molecule has 24 heavy (non-hydrogen) atoms. The maximum Gasteiger partial charge on any atom is 0.266 e. The number of hydrogen-bond acceptors (Lipinski definition) is 6. The van der Waals surface area contributed by atoms with Gasteiger partial charge in [0.05, 0.1) is 31.3 Å². The molecule has 1 aliphatic heterocycles. The Bertz CT molecular complexity index is 645. The molecular formula is C17H21NO4S2. The zero-order chi connectivity index (χ0) is 17.5. The molecule has 0 radical (unpaired) electrons. The van der Waals surface area contributed by atoms with Crippen LogP contribution in [0.3, 0.4) is 0 Å². The van der Waals surface area contributed by atoms with Crippen molar-refractivity contribution in [2.45, 2.75) is 13.8 Å². The minimum absolute atomic E-state index is 0.0987. The normalized spacial score (nSPS) is 16.1. The predicted octanol–water partition coefficient (Wildman–Crippen LogP) is 3.33. The van der Waals surface area contributed by atoms with Crippen LogP contribution in [0, 0.1) is 0 Å². The van der Waals surface area contributed by atoms with E-state index in [-0.39, 0.29) is 5.91 Å². The Balaban J connectivity index is 2.26. The summed E-state index contributed by atoms with van der Waals surface area (Å²) in [6.45, 7) is 5.88. The molecule has 0 spiro atoms. The molecule has 2 rings (SSSR count). The summed E-state index contributed by atoms with van der Waals surface area (Å²) in [6.07, 6.45) is 1.81. The lowest BCUT2D eigenvalue weighted by Crippen LogP contribution is -2.31. The van der Waals surface area contributed by atoms with Crippen LogP contribution in [0.4, 0.5) is 0 Å². The van der Waals surface area contributed by atoms with Crippen LogP contribution in [0.15, 0.2) is 23.1 Å². The number of thioether (sulfide) groups is 1. The van der Waals surface area contributed by atoms with E-state index in [1.165, 1.54) is 11.8 Å². The molecule has 0 saturated carbocycles. The SMILES string of the molecule is CCOc1ccc(/C=C2\SC(=S)N(CCOC)C2=O)c(OCC)c1. The highest BCUT2D eigenvalue weighted by molar-refractivity contribution is 8.26. The Kier molecular flexibility index (Phi) is 7.08. The molecule has 0 N–H and O–H groups in total. The third-order valence-corrected chi connectivity index (χ3v) is 4.65. The third kappa shape index (κ3) is 4.49. The zero-order valence-corrected chi connectivity index (χ0v) is 15.7. The quantitative estimate of drug-likeness (QED) is 0.519. The third-order valence-electron chi connectivity index (χ3n) is 3.28. The van der Waals surface area contributed by atoms with Gasteiger partial charge in [0.2, 0.25) is 0 Å². The zero-order valence-electron chi connectivity index (χ0n) is 14.0. The van der Waals surface area contributed by atoms with Gasteiger partial charge in [-0.15, -0.1) is 0 Å². The number of hydrogen-bond donors (Lipinski definition) is 0. The highest BCUT2D eigenvalue weighted by Crippen LogP contribution is 2.35. The lowest BCUT2D eigenvalue weighted by atomic mass is 10.1. The number of carbonyl (C=O) groups excluding carboxylic acids is 1. The molecule has 0 aromatic heterocycles. The Morgan fingerprint density at radius 1 is 1.25 bits per heavy atom. The van der Waals surface area contributed by atoms with Crippen LogP contribution in [-0.2, 0) is 9.53 Å². The lowest BCUT2D eigenvalue weighted by Gasteiger charge is -2.13. The Morgan fingerprint density at radius 3 is 2.67 bits per heavy atom. The summed E-state index contributed by atoms with van der Waals surface area (Å²) in [5.74, 6) is 1.33. The van der Waals surface area contributed by atoms with E-state index >= 15 is 0 Å². The van der Waals surface area contributed by atoms with Gasteiger partial charge in [-0.05, 0) is 32.1 Å². The number of methoxy groups -OCH3 is 1. The lowest BCUT2D eigenvalue weighted by molar-refractivity contribution is -0.122. The first-order valence-electron chi connectivity index (χ1n) is 7.74. The Hall–Kier alpha value is -1.57. The van der Waals surface area contributed by atoms with Gasteiger partial charge in [-0.1, -0.05) is 24.0 Å². The molecule has 0 atom stereocenters. The summed E-state index contributed by atoms with van der Waals surface area (Å²) in [5.41, 5.74) is 0.826. The highest BCUT2D eigenvalue weighted by atomic mass is 32.2. The summed E-state index contributed by atoms with van der Waals surface area (Å²) >= 11 is 6.58. The van der Waals surface area contributed by atoms with Gasteiger partial charge in [-0.2, -0.15) is 0 Å². The van der Waals surface area contributed by atoms with E-state index in [0.717, 1.165) is 11.3 Å². The summed E-state index contributed by atoms with van der Waals surface area (Å²) in [7, 11) is 1.60. The van der Waals surface area contributed by atoms with Crippen LogP contribution >= 0.6 is 24.0 Å². The van der Waals surface area contributed by atoms with Crippen molar-refractivity contribution in [2.24, 2.45) is 0 Å². The monoisotopic (exact) mass is 367 g/mol. The van der Waals surface area contributed by atoms with Gasteiger partial charge in [0.1, 0.15) is 15.8 Å². The van der Waals surface area contributed by atoms with Crippen LogP contribution in [0.5, 0.6) is 11.5 Å². The average molecular weight is 367 g/mol. The maximum atomic E-state index is 12.5. The van der Waals surface area contributed by atoms with Crippen molar-refractivity contribution in [1.29, 1.82) is 0 Å². The van der Waals surface area contributed by atoms with E-state index in [1.54, 1.807) is 12.0 Å². The molecule has 0 bridgehead atoms. The smallest absolute Gasteiger partial charge is 0.266 e. The van der Waals surface area contributed by atoms with Gasteiger partial charge in [-0.25, -0.2) is 0 Å². The van der Waals surface area contributed by atoms with Gasteiger partial charge >= 0.3 is 0 Å². The molecule has 1 saturated heterocycles. The van der Waals surface area contributed by atoms with Crippen molar-refractivity contribution in [1.82, 2.24) is 4.90 Å². The molecule has 1 aromatic rings. The van der Waals surface area contributed by atoms with Gasteiger partial charge in [-0.3, -0.25) is 9.69 Å². The summed E-state index contributed by atoms with van der Waals surface area (Å²) in [4.78, 5) is 14.6. The molecular weight excluding hydrogens is 346 g/mol. The molecule has 1 fully saturated rings. The van der Waals surface area contributed by atoms with E-state index in [1.807, 2.05) is 38.1 Å². The maximum absolute atomic E-state index is 12.5. The molecule has 1 aliphatic rings. The molecule has 130 valence electrons. The first-order chi connectivity index (χ1) is 11.6. The predicted molar refractivity (Wildman–Crippen MR) is 101 cm³/mol. The Labute approximate surface area is 151 Å². The van der Waals surface area contributed by atoms with Gasteiger partial charge in [0.15, 0.2) is 0 Å². The second kappa shape index (κ2) is 9.05. The highest BCUT2D eigenvalue weighted by Gasteiger charge is 2.31. The van der Waals surface area contributed by atoms with Crippen molar-refractivity contribution in [3.05, 3.63) is 28.7 Å². The minimum atomic E-state index is -0.0987. The van der Waals surface area contributed by atoms with Crippen LogP contribution in [0.25, 0.3) is 6.08 Å². The fraction of sp³-hybridized carbons (Fsp3) is 0.412. The number of rotatable bonds is 8.